The Morgan fingerprint density at radius 2 is 1.93 bits per heavy atom. The summed E-state index contributed by atoms with van der Waals surface area (Å²) in [5.74, 6) is -0.265. The van der Waals surface area contributed by atoms with Crippen LogP contribution >= 0.6 is 15.9 Å². The van der Waals surface area contributed by atoms with Crippen molar-refractivity contribution in [3.8, 4) is 5.75 Å². The molecule has 0 aliphatic heterocycles. The molecule has 0 bridgehead atoms. The van der Waals surface area contributed by atoms with E-state index in [1.54, 1.807) is 42.5 Å². The van der Waals surface area contributed by atoms with E-state index >= 15 is 0 Å². The second-order valence-corrected chi connectivity index (χ2v) is 9.02. The lowest BCUT2D eigenvalue weighted by atomic mass is 10.2. The zero-order chi connectivity index (χ0) is 21.6. The molecule has 0 unspecified atom stereocenters. The average molecular weight is 492 g/mol. The van der Waals surface area contributed by atoms with Crippen LogP contribution in [-0.4, -0.2) is 36.5 Å². The number of nitrogens with one attached hydrogen (secondary N) is 1. The molecule has 0 aliphatic carbocycles. The number of hydrogen-bond donors (Lipinski definition) is 2. The molecule has 10 heteroatoms. The van der Waals surface area contributed by atoms with Gasteiger partial charge in [0.1, 0.15) is 11.5 Å². The molecule has 0 spiro atoms. The van der Waals surface area contributed by atoms with Crippen molar-refractivity contribution in [2.75, 3.05) is 6.54 Å². The van der Waals surface area contributed by atoms with Gasteiger partial charge in [-0.2, -0.15) is 9.41 Å². The standard InChI is InChI=1S/C20H18BrN3O5S/c21-16-8-9-19(25)15(11-16)12-22-23-20(26)14-24(13-17-5-4-10-29-17)30(27,28)18-6-2-1-3-7-18/h1-12,25H,13-14H2,(H,23,26)/b22-12+. The molecule has 156 valence electrons. The van der Waals surface area contributed by atoms with Crippen LogP contribution < -0.4 is 5.43 Å². The van der Waals surface area contributed by atoms with Crippen LogP contribution in [0.25, 0.3) is 0 Å². The van der Waals surface area contributed by atoms with Crippen molar-refractivity contribution < 1.29 is 22.7 Å². The van der Waals surface area contributed by atoms with Crippen LogP contribution in [0.1, 0.15) is 11.3 Å². The number of hydrazone groups is 1. The van der Waals surface area contributed by atoms with Gasteiger partial charge >= 0.3 is 0 Å². The molecule has 3 aromatic rings. The van der Waals surface area contributed by atoms with E-state index in [1.807, 2.05) is 0 Å². The van der Waals surface area contributed by atoms with Crippen molar-refractivity contribution in [1.29, 1.82) is 0 Å². The molecule has 8 nitrogen and oxygen atoms in total. The predicted octanol–water partition coefficient (Wildman–Crippen LogP) is 3.09. The number of phenols is 1. The summed E-state index contributed by atoms with van der Waals surface area (Å²) in [6.07, 6.45) is 2.69. The minimum absolute atomic E-state index is 0.0118. The molecule has 1 aromatic heterocycles. The second-order valence-electron chi connectivity index (χ2n) is 6.16. The Morgan fingerprint density at radius 3 is 2.63 bits per heavy atom. The van der Waals surface area contributed by atoms with Gasteiger partial charge in [0.25, 0.3) is 5.91 Å². The number of hydrogen-bond acceptors (Lipinski definition) is 6. The van der Waals surface area contributed by atoms with E-state index in [0.717, 1.165) is 8.78 Å². The molecule has 0 radical (unpaired) electrons. The number of halogens is 1. The Labute approximate surface area is 182 Å². The topological polar surface area (TPSA) is 112 Å². The number of nitrogens with zero attached hydrogens (tertiary/aromatic N) is 2. The van der Waals surface area contributed by atoms with Crippen molar-refractivity contribution >= 4 is 38.1 Å². The highest BCUT2D eigenvalue weighted by Gasteiger charge is 2.27. The first kappa shape index (κ1) is 21.8. The number of aromatic hydroxyl groups is 1. The summed E-state index contributed by atoms with van der Waals surface area (Å²) in [4.78, 5) is 12.4. The lowest BCUT2D eigenvalue weighted by molar-refractivity contribution is -0.121. The summed E-state index contributed by atoms with van der Waals surface area (Å²) in [5, 5.41) is 13.6. The number of carbonyl (C=O) groups excluding carboxylic acids is 1. The van der Waals surface area contributed by atoms with Gasteiger partial charge in [-0.05, 0) is 42.5 Å². The Balaban J connectivity index is 1.75. The minimum Gasteiger partial charge on any atom is -0.507 e. The third-order valence-electron chi connectivity index (χ3n) is 4.00. The van der Waals surface area contributed by atoms with Crippen LogP contribution in [0, 0.1) is 0 Å². The Hall–Kier alpha value is -2.95. The number of benzene rings is 2. The van der Waals surface area contributed by atoms with Crippen LogP contribution in [0.3, 0.4) is 0 Å². The smallest absolute Gasteiger partial charge is 0.255 e. The van der Waals surface area contributed by atoms with Gasteiger partial charge in [0.2, 0.25) is 10.0 Å². The lowest BCUT2D eigenvalue weighted by Gasteiger charge is -2.20. The number of rotatable bonds is 8. The molecule has 30 heavy (non-hydrogen) atoms. The first-order valence-electron chi connectivity index (χ1n) is 8.74. The summed E-state index contributed by atoms with van der Waals surface area (Å²) >= 11 is 3.28. The van der Waals surface area contributed by atoms with Gasteiger partial charge in [-0.15, -0.1) is 0 Å². The summed E-state index contributed by atoms with van der Waals surface area (Å²) in [7, 11) is -3.95. The van der Waals surface area contributed by atoms with Crippen LogP contribution in [0.4, 0.5) is 0 Å². The Morgan fingerprint density at radius 1 is 1.17 bits per heavy atom. The summed E-state index contributed by atoms with van der Waals surface area (Å²) in [6.45, 7) is -0.590. The van der Waals surface area contributed by atoms with E-state index in [0.29, 0.717) is 11.3 Å². The van der Waals surface area contributed by atoms with Crippen molar-refractivity contribution in [3.05, 3.63) is 82.7 Å². The fraction of sp³-hybridized carbons (Fsp3) is 0.100. The van der Waals surface area contributed by atoms with E-state index < -0.39 is 22.5 Å². The average Bonchev–Trinajstić information content (AvgIpc) is 3.24. The molecule has 2 N–H and O–H groups in total. The third-order valence-corrected chi connectivity index (χ3v) is 6.29. The minimum atomic E-state index is -3.95. The maximum Gasteiger partial charge on any atom is 0.255 e. The predicted molar refractivity (Wildman–Crippen MR) is 114 cm³/mol. The molecule has 0 aliphatic rings. The number of phenolic OH excluding ortho intramolecular Hbond substituents is 1. The van der Waals surface area contributed by atoms with Gasteiger partial charge in [0.05, 0.1) is 30.5 Å². The van der Waals surface area contributed by atoms with Gasteiger partial charge in [-0.25, -0.2) is 13.8 Å². The molecule has 0 fully saturated rings. The molecular weight excluding hydrogens is 474 g/mol. The first-order valence-corrected chi connectivity index (χ1v) is 11.0. The summed E-state index contributed by atoms with van der Waals surface area (Å²) in [5.41, 5.74) is 2.66. The van der Waals surface area contributed by atoms with Gasteiger partial charge in [-0.3, -0.25) is 4.79 Å². The maximum absolute atomic E-state index is 13.0. The van der Waals surface area contributed by atoms with E-state index in [-0.39, 0.29) is 17.2 Å². The Kier molecular flexibility index (Phi) is 7.03. The van der Waals surface area contributed by atoms with E-state index in [2.05, 4.69) is 26.5 Å². The van der Waals surface area contributed by atoms with E-state index in [1.165, 1.54) is 30.7 Å². The first-order chi connectivity index (χ1) is 14.4. The van der Waals surface area contributed by atoms with Crippen LogP contribution in [0.15, 0.2) is 85.8 Å². The molecule has 0 saturated carbocycles. The SMILES string of the molecule is O=C(CN(Cc1ccco1)S(=O)(=O)c1ccccc1)N/N=C/c1cc(Br)ccc1O. The maximum atomic E-state index is 13.0. The molecule has 2 aromatic carbocycles. The molecule has 3 rings (SSSR count). The number of sulfonamides is 1. The number of amides is 1. The molecule has 1 amide bonds. The second kappa shape index (κ2) is 9.70. The molecule has 0 saturated heterocycles. The highest BCUT2D eigenvalue weighted by molar-refractivity contribution is 9.10. The van der Waals surface area contributed by atoms with Gasteiger partial charge < -0.3 is 9.52 Å². The van der Waals surface area contributed by atoms with Crippen LogP contribution in [0.2, 0.25) is 0 Å². The van der Waals surface area contributed by atoms with Crippen molar-refractivity contribution in [2.45, 2.75) is 11.4 Å². The van der Waals surface area contributed by atoms with Gasteiger partial charge in [0.15, 0.2) is 0 Å². The zero-order valence-electron chi connectivity index (χ0n) is 15.6. The molecular formula is C20H18BrN3O5S. The number of furan rings is 1. The van der Waals surface area contributed by atoms with Crippen molar-refractivity contribution in [1.82, 2.24) is 9.73 Å². The molecule has 1 heterocycles. The van der Waals surface area contributed by atoms with Crippen LogP contribution in [-0.2, 0) is 21.4 Å². The highest BCUT2D eigenvalue weighted by Crippen LogP contribution is 2.20. The van der Waals surface area contributed by atoms with E-state index in [4.69, 9.17) is 4.42 Å². The summed E-state index contributed by atoms with van der Waals surface area (Å²) < 4.78 is 33.0. The fourth-order valence-electron chi connectivity index (χ4n) is 2.54. The zero-order valence-corrected chi connectivity index (χ0v) is 18.0. The van der Waals surface area contributed by atoms with Crippen LogP contribution in [0.5, 0.6) is 5.75 Å². The van der Waals surface area contributed by atoms with Gasteiger partial charge in [0, 0.05) is 10.0 Å². The fourth-order valence-corrected chi connectivity index (χ4v) is 4.30. The largest absolute Gasteiger partial charge is 0.507 e. The van der Waals surface area contributed by atoms with Gasteiger partial charge in [-0.1, -0.05) is 34.1 Å². The Bertz CT molecular complexity index is 1130. The monoisotopic (exact) mass is 491 g/mol. The van der Waals surface area contributed by atoms with Crippen molar-refractivity contribution in [2.24, 2.45) is 5.10 Å². The molecule has 0 atom stereocenters. The third kappa shape index (κ3) is 5.56. The number of carbonyl (C=O) groups is 1. The highest BCUT2D eigenvalue weighted by atomic mass is 79.9. The van der Waals surface area contributed by atoms with E-state index in [9.17, 15) is 18.3 Å². The lowest BCUT2D eigenvalue weighted by Crippen LogP contribution is -2.38. The summed E-state index contributed by atoms with van der Waals surface area (Å²) in [6, 6.07) is 15.8. The quantitative estimate of drug-likeness (QED) is 0.371. The normalized spacial score (nSPS) is 11.8. The van der Waals surface area contributed by atoms with Crippen molar-refractivity contribution in [3.63, 3.8) is 0 Å².